The zero-order valence-corrected chi connectivity index (χ0v) is 41.1. The van der Waals surface area contributed by atoms with Crippen molar-refractivity contribution in [3.63, 3.8) is 0 Å². The Labute approximate surface area is 427 Å². The Morgan fingerprint density at radius 2 is 0.904 bits per heavy atom. The van der Waals surface area contributed by atoms with E-state index >= 15 is 0 Å². The summed E-state index contributed by atoms with van der Waals surface area (Å²) in [6.45, 7) is 6.75. The third-order valence-corrected chi connectivity index (χ3v) is 15.2. The Kier molecular flexibility index (Phi) is 9.84. The van der Waals surface area contributed by atoms with Crippen molar-refractivity contribution < 1.29 is 0 Å². The lowest BCUT2D eigenvalue weighted by Gasteiger charge is -2.42. The number of para-hydroxylation sites is 5. The van der Waals surface area contributed by atoms with Crippen molar-refractivity contribution in [2.75, 3.05) is 14.7 Å². The van der Waals surface area contributed by atoms with Crippen LogP contribution >= 0.6 is 0 Å². The van der Waals surface area contributed by atoms with E-state index in [0.717, 1.165) is 51.2 Å². The summed E-state index contributed by atoms with van der Waals surface area (Å²) in [6.07, 6.45) is 0. The van der Waals surface area contributed by atoms with Gasteiger partial charge in [-0.15, -0.1) is 0 Å². The molecule has 4 nitrogen and oxygen atoms in total. The molecule has 11 aromatic carbocycles. The molecule has 0 radical (unpaired) electrons. The van der Waals surface area contributed by atoms with Crippen molar-refractivity contribution in [2.45, 2.75) is 26.2 Å². The highest BCUT2D eigenvalue weighted by Gasteiger charge is 2.44. The van der Waals surface area contributed by atoms with E-state index in [9.17, 15) is 0 Å². The lowest BCUT2D eigenvalue weighted by Crippen LogP contribution is -2.56. The number of fused-ring (bicyclic) bond motifs is 9. The molecule has 0 atom stereocenters. The summed E-state index contributed by atoms with van der Waals surface area (Å²) < 4.78 is 2.72. The second kappa shape index (κ2) is 16.8. The SMILES string of the molecule is CC(C)(C)c1ccc(N2c3ccc(N(c4ccccc4)c4ccccc4)cc3B3c4c(cc(N(c5ccccc5)c5ccccc5)cc42)-c2cccc4c5ccc6ccccc6c5n3c24)c(-c2ccccc2)c1. The maximum Gasteiger partial charge on any atom is 0.333 e. The van der Waals surface area contributed by atoms with Gasteiger partial charge >= 0.3 is 6.85 Å². The van der Waals surface area contributed by atoms with Gasteiger partial charge in [-0.05, 0) is 129 Å². The Morgan fingerprint density at radius 3 is 1.53 bits per heavy atom. The molecule has 14 rings (SSSR count). The molecule has 0 amide bonds. The number of anilines is 9. The molecule has 0 saturated heterocycles. The quantitative estimate of drug-likeness (QED) is 0.141. The van der Waals surface area contributed by atoms with Crippen LogP contribution < -0.4 is 25.6 Å². The summed E-state index contributed by atoms with van der Waals surface area (Å²) in [5, 5.41) is 5.01. The van der Waals surface area contributed by atoms with Gasteiger partial charge in [-0.1, -0.05) is 185 Å². The maximum atomic E-state index is 2.72. The number of hydrogen-bond acceptors (Lipinski definition) is 3. The number of rotatable bonds is 8. The fraction of sp³-hybridized carbons (Fsp3) is 0.0588. The Hall–Kier alpha value is -9.06. The van der Waals surface area contributed by atoms with Crippen LogP contribution in [0.4, 0.5) is 51.2 Å². The van der Waals surface area contributed by atoms with Crippen LogP contribution in [-0.2, 0) is 5.41 Å². The fourth-order valence-electron chi connectivity index (χ4n) is 12.0. The van der Waals surface area contributed by atoms with Crippen LogP contribution in [-0.4, -0.2) is 11.3 Å². The number of nitrogens with zero attached hydrogens (tertiary/aromatic N) is 4. The molecule has 73 heavy (non-hydrogen) atoms. The van der Waals surface area contributed by atoms with E-state index in [1.807, 2.05) is 0 Å². The van der Waals surface area contributed by atoms with E-state index in [2.05, 4.69) is 295 Å². The van der Waals surface area contributed by atoms with Crippen molar-refractivity contribution in [3.05, 3.63) is 260 Å². The largest absolute Gasteiger partial charge is 0.375 e. The van der Waals surface area contributed by atoms with Gasteiger partial charge in [0.25, 0.3) is 0 Å². The van der Waals surface area contributed by atoms with Gasteiger partial charge in [0.05, 0.1) is 5.69 Å². The highest BCUT2D eigenvalue weighted by Crippen LogP contribution is 2.51. The predicted molar refractivity (Wildman–Crippen MR) is 311 cm³/mol. The van der Waals surface area contributed by atoms with Gasteiger partial charge in [-0.25, -0.2) is 0 Å². The van der Waals surface area contributed by atoms with Crippen LogP contribution in [0, 0.1) is 0 Å². The smallest absolute Gasteiger partial charge is 0.333 e. The predicted octanol–water partition coefficient (Wildman–Crippen LogP) is 17.3. The van der Waals surface area contributed by atoms with E-state index in [-0.39, 0.29) is 12.3 Å². The molecule has 5 heteroatoms. The van der Waals surface area contributed by atoms with Gasteiger partial charge in [0.15, 0.2) is 0 Å². The van der Waals surface area contributed by atoms with Crippen LogP contribution in [0.5, 0.6) is 0 Å². The summed E-state index contributed by atoms with van der Waals surface area (Å²) in [6, 6.07) is 94.2. The van der Waals surface area contributed by atoms with Crippen LogP contribution in [0.3, 0.4) is 0 Å². The molecule has 2 aliphatic rings. The minimum absolute atomic E-state index is 0.0709. The average Bonchev–Trinajstić information content (AvgIpc) is 3.78. The van der Waals surface area contributed by atoms with Crippen molar-refractivity contribution in [2.24, 2.45) is 0 Å². The standard InChI is InChI=1S/C68H51BN4/c1-68(2,3)48-37-40-62(59(42-48)46-22-9-4-10-23-46)72-63-41-38-53(70(49-25-11-5-12-26-49)50-27-13-6-14-28-50)44-61(63)69-65-60(43-54(45-64(65)72)71(51-29-15-7-16-30-51)52-31-17-8-18-32-52)57-35-21-34-56-58-39-36-47-24-19-20-33-55(47)66(58)73(69)67(56)57/h4-45H,1-3H3. The lowest BCUT2D eigenvalue weighted by atomic mass is 9.45. The van der Waals surface area contributed by atoms with Gasteiger partial charge in [0.1, 0.15) is 0 Å². The van der Waals surface area contributed by atoms with E-state index in [4.69, 9.17) is 0 Å². The molecule has 346 valence electrons. The van der Waals surface area contributed by atoms with Crippen LogP contribution in [0.25, 0.3) is 54.8 Å². The highest BCUT2D eigenvalue weighted by molar-refractivity contribution is 6.90. The monoisotopic (exact) mass is 934 g/mol. The van der Waals surface area contributed by atoms with Gasteiger partial charge in [0, 0.05) is 83.8 Å². The molecular weight excluding hydrogens is 884 g/mol. The minimum atomic E-state index is -0.199. The minimum Gasteiger partial charge on any atom is -0.375 e. The first-order valence-electron chi connectivity index (χ1n) is 25.5. The number of aromatic nitrogens is 1. The summed E-state index contributed by atoms with van der Waals surface area (Å²) >= 11 is 0. The molecule has 1 aromatic heterocycles. The van der Waals surface area contributed by atoms with Crippen molar-refractivity contribution >= 4 is 102 Å². The Bertz CT molecular complexity index is 3990. The molecule has 0 saturated carbocycles. The first-order valence-corrected chi connectivity index (χ1v) is 25.5. The molecule has 0 aliphatic carbocycles. The molecule has 0 fully saturated rings. The zero-order chi connectivity index (χ0) is 48.8. The van der Waals surface area contributed by atoms with Gasteiger partial charge in [-0.2, -0.15) is 0 Å². The second-order valence-corrected chi connectivity index (χ2v) is 20.5. The number of benzene rings is 11. The molecule has 12 aromatic rings. The topological polar surface area (TPSA) is 14.7 Å². The summed E-state index contributed by atoms with van der Waals surface area (Å²) in [4.78, 5) is 7.44. The number of hydrogen-bond donors (Lipinski definition) is 0. The van der Waals surface area contributed by atoms with Crippen LogP contribution in [0.1, 0.15) is 26.3 Å². The van der Waals surface area contributed by atoms with Gasteiger partial charge in [0.2, 0.25) is 0 Å². The lowest BCUT2D eigenvalue weighted by molar-refractivity contribution is 0.590. The van der Waals surface area contributed by atoms with Crippen LogP contribution in [0.2, 0.25) is 0 Å². The first kappa shape index (κ1) is 42.8. The molecular formula is C68H51BN4. The molecule has 3 heterocycles. The zero-order valence-electron chi connectivity index (χ0n) is 41.1. The van der Waals surface area contributed by atoms with Gasteiger partial charge in [-0.3, -0.25) is 0 Å². The molecule has 0 unspecified atom stereocenters. The molecule has 2 aliphatic heterocycles. The van der Waals surface area contributed by atoms with Crippen molar-refractivity contribution in [1.29, 1.82) is 0 Å². The third-order valence-electron chi connectivity index (χ3n) is 15.2. The molecule has 0 N–H and O–H groups in total. The van der Waals surface area contributed by atoms with E-state index in [1.165, 1.54) is 71.3 Å². The highest BCUT2D eigenvalue weighted by atomic mass is 15.2. The van der Waals surface area contributed by atoms with E-state index < -0.39 is 0 Å². The van der Waals surface area contributed by atoms with Gasteiger partial charge < -0.3 is 19.2 Å². The second-order valence-electron chi connectivity index (χ2n) is 20.5. The summed E-state index contributed by atoms with van der Waals surface area (Å²) in [5.41, 5.74) is 21.1. The normalized spacial score (nSPS) is 12.5. The Morgan fingerprint density at radius 1 is 0.356 bits per heavy atom. The maximum absolute atomic E-state index is 2.72. The van der Waals surface area contributed by atoms with E-state index in [1.54, 1.807) is 0 Å². The Balaban J connectivity index is 1.15. The van der Waals surface area contributed by atoms with Crippen LogP contribution in [0.15, 0.2) is 255 Å². The molecule has 0 spiro atoms. The van der Waals surface area contributed by atoms with Crippen molar-refractivity contribution in [1.82, 2.24) is 4.48 Å². The first-order chi connectivity index (χ1) is 35.9. The van der Waals surface area contributed by atoms with E-state index in [0.29, 0.717) is 0 Å². The summed E-state index contributed by atoms with van der Waals surface area (Å²) in [7, 11) is 0. The van der Waals surface area contributed by atoms with Crippen molar-refractivity contribution in [3.8, 4) is 22.3 Å². The fourth-order valence-corrected chi connectivity index (χ4v) is 12.0. The third kappa shape index (κ3) is 6.84. The average molecular weight is 935 g/mol. The molecule has 0 bridgehead atoms. The summed E-state index contributed by atoms with van der Waals surface area (Å²) in [5.74, 6) is 0.